The molecule has 2 rings (SSSR count). The van der Waals surface area contributed by atoms with Crippen LogP contribution in [0.3, 0.4) is 0 Å². The minimum absolute atomic E-state index is 0.159. The van der Waals surface area contributed by atoms with Crippen LogP contribution in [0.2, 0.25) is 5.02 Å². The maximum Gasteiger partial charge on any atom is 0.250 e. The zero-order chi connectivity index (χ0) is 18.1. The topological polar surface area (TPSA) is 50.7 Å². The Kier molecular flexibility index (Phi) is 7.82. The number of amides is 1. The van der Waals surface area contributed by atoms with Crippen LogP contribution in [0.5, 0.6) is 5.75 Å². The summed E-state index contributed by atoms with van der Waals surface area (Å²) in [5.41, 5.74) is 3.41. The number of carbonyl (C=O) groups excluding carboxylic acids is 1. The van der Waals surface area contributed by atoms with E-state index in [0.29, 0.717) is 10.8 Å². The normalized spacial score (nSPS) is 12.1. The van der Waals surface area contributed by atoms with E-state index >= 15 is 0 Å². The lowest BCUT2D eigenvalue weighted by atomic mass is 10.2. The van der Waals surface area contributed by atoms with Crippen LogP contribution >= 0.6 is 23.4 Å². The molecule has 1 atom stereocenters. The van der Waals surface area contributed by atoms with Crippen molar-refractivity contribution in [1.82, 2.24) is 5.43 Å². The highest BCUT2D eigenvalue weighted by atomic mass is 35.5. The van der Waals surface area contributed by atoms with Crippen molar-refractivity contribution in [3.05, 3.63) is 59.1 Å². The predicted octanol–water partition coefficient (Wildman–Crippen LogP) is 4.76. The van der Waals surface area contributed by atoms with Gasteiger partial charge in [0.25, 0.3) is 0 Å². The lowest BCUT2D eigenvalue weighted by molar-refractivity contribution is -0.118. The number of nitrogens with zero attached hydrogens (tertiary/aromatic N) is 1. The van der Waals surface area contributed by atoms with Gasteiger partial charge in [-0.25, -0.2) is 5.43 Å². The van der Waals surface area contributed by atoms with Gasteiger partial charge in [0.1, 0.15) is 5.75 Å². The van der Waals surface area contributed by atoms with E-state index in [4.69, 9.17) is 16.3 Å². The molecule has 0 bridgehead atoms. The Bertz CT molecular complexity index is 702. The van der Waals surface area contributed by atoms with Gasteiger partial charge in [-0.05, 0) is 67.4 Å². The number of thioether (sulfide) groups is 1. The predicted molar refractivity (Wildman–Crippen MR) is 105 cm³/mol. The molecule has 132 valence electrons. The molecule has 0 unspecified atom stereocenters. The number of halogens is 1. The van der Waals surface area contributed by atoms with Crippen molar-refractivity contribution in [2.75, 3.05) is 5.75 Å². The van der Waals surface area contributed by atoms with Crippen LogP contribution in [0.25, 0.3) is 0 Å². The fraction of sp³-hybridized carbons (Fsp3) is 0.263. The number of hydrazone groups is 1. The van der Waals surface area contributed by atoms with Gasteiger partial charge in [-0.2, -0.15) is 5.10 Å². The Balaban J connectivity index is 1.76. The molecular weight excluding hydrogens is 356 g/mol. The zero-order valence-electron chi connectivity index (χ0n) is 14.2. The SMILES string of the molecule is CC[C@@H](C)Oc1ccc(/C=N\NC(=O)CSc2ccc(Cl)cc2)cc1. The van der Waals surface area contributed by atoms with Crippen LogP contribution in [0, 0.1) is 0 Å². The number of benzene rings is 2. The standard InChI is InChI=1S/C19H21ClN2O2S/c1-3-14(2)24-17-8-4-15(5-9-17)12-21-22-19(23)13-25-18-10-6-16(20)7-11-18/h4-12,14H,3,13H2,1-2H3,(H,22,23)/b21-12-/t14-/m1/s1. The van der Waals surface area contributed by atoms with Crippen molar-refractivity contribution in [3.63, 3.8) is 0 Å². The highest BCUT2D eigenvalue weighted by Gasteiger charge is 2.02. The van der Waals surface area contributed by atoms with E-state index in [9.17, 15) is 4.79 Å². The minimum Gasteiger partial charge on any atom is -0.491 e. The first-order chi connectivity index (χ1) is 12.1. The molecule has 0 aromatic heterocycles. The zero-order valence-corrected chi connectivity index (χ0v) is 15.8. The summed E-state index contributed by atoms with van der Waals surface area (Å²) in [6.07, 6.45) is 2.76. The molecule has 0 saturated carbocycles. The smallest absolute Gasteiger partial charge is 0.250 e. The van der Waals surface area contributed by atoms with Gasteiger partial charge >= 0.3 is 0 Å². The Labute approximate surface area is 157 Å². The van der Waals surface area contributed by atoms with Gasteiger partial charge in [0.15, 0.2) is 0 Å². The van der Waals surface area contributed by atoms with Crippen molar-refractivity contribution in [2.45, 2.75) is 31.3 Å². The Morgan fingerprint density at radius 3 is 2.56 bits per heavy atom. The number of nitrogens with one attached hydrogen (secondary N) is 1. The molecule has 0 fully saturated rings. The van der Waals surface area contributed by atoms with Gasteiger partial charge in [0.05, 0.1) is 18.1 Å². The maximum atomic E-state index is 11.8. The summed E-state index contributed by atoms with van der Waals surface area (Å²) in [5, 5.41) is 4.65. The molecule has 1 amide bonds. The third kappa shape index (κ3) is 7.20. The monoisotopic (exact) mass is 376 g/mol. The summed E-state index contributed by atoms with van der Waals surface area (Å²) in [7, 11) is 0. The van der Waals surface area contributed by atoms with Crippen molar-refractivity contribution < 1.29 is 9.53 Å². The Morgan fingerprint density at radius 1 is 1.24 bits per heavy atom. The van der Waals surface area contributed by atoms with Crippen molar-refractivity contribution in [3.8, 4) is 5.75 Å². The third-order valence-corrected chi connectivity index (χ3v) is 4.64. The molecule has 2 aromatic rings. The first-order valence-corrected chi connectivity index (χ1v) is 9.40. The van der Waals surface area contributed by atoms with E-state index < -0.39 is 0 Å². The first kappa shape index (κ1) is 19.3. The quantitative estimate of drug-likeness (QED) is 0.410. The van der Waals surface area contributed by atoms with E-state index in [2.05, 4.69) is 17.5 Å². The Hall–Kier alpha value is -1.98. The third-order valence-electron chi connectivity index (χ3n) is 3.38. The molecule has 0 heterocycles. The first-order valence-electron chi connectivity index (χ1n) is 8.04. The summed E-state index contributed by atoms with van der Waals surface area (Å²) in [4.78, 5) is 12.8. The van der Waals surface area contributed by atoms with Gasteiger partial charge in [-0.3, -0.25) is 4.79 Å². The second-order valence-corrected chi connectivity index (χ2v) is 6.93. The van der Waals surface area contributed by atoms with Crippen LogP contribution in [-0.4, -0.2) is 24.0 Å². The Morgan fingerprint density at radius 2 is 1.92 bits per heavy atom. The maximum absolute atomic E-state index is 11.8. The van der Waals surface area contributed by atoms with E-state index in [-0.39, 0.29) is 12.0 Å². The van der Waals surface area contributed by atoms with E-state index in [0.717, 1.165) is 22.6 Å². The average molecular weight is 377 g/mol. The number of ether oxygens (including phenoxy) is 1. The van der Waals surface area contributed by atoms with Gasteiger partial charge < -0.3 is 4.74 Å². The molecule has 1 N–H and O–H groups in total. The molecule has 25 heavy (non-hydrogen) atoms. The summed E-state index contributed by atoms with van der Waals surface area (Å²) in [5.74, 6) is 0.962. The van der Waals surface area contributed by atoms with Crippen LogP contribution in [0.1, 0.15) is 25.8 Å². The average Bonchev–Trinajstić information content (AvgIpc) is 2.62. The fourth-order valence-electron chi connectivity index (χ4n) is 1.84. The van der Waals surface area contributed by atoms with Gasteiger partial charge in [-0.1, -0.05) is 18.5 Å². The van der Waals surface area contributed by atoms with Crippen LogP contribution < -0.4 is 10.2 Å². The molecule has 0 saturated heterocycles. The van der Waals surface area contributed by atoms with Gasteiger partial charge in [0.2, 0.25) is 5.91 Å². The summed E-state index contributed by atoms with van der Waals surface area (Å²) in [6.45, 7) is 4.12. The van der Waals surface area contributed by atoms with Crippen molar-refractivity contribution in [1.29, 1.82) is 0 Å². The van der Waals surface area contributed by atoms with Crippen LogP contribution in [0.15, 0.2) is 58.5 Å². The van der Waals surface area contributed by atoms with E-state index in [1.54, 1.807) is 18.3 Å². The highest BCUT2D eigenvalue weighted by Crippen LogP contribution is 2.20. The highest BCUT2D eigenvalue weighted by molar-refractivity contribution is 8.00. The number of carbonyl (C=O) groups is 1. The molecule has 6 heteroatoms. The van der Waals surface area contributed by atoms with E-state index in [1.807, 2.05) is 43.3 Å². The molecule has 4 nitrogen and oxygen atoms in total. The summed E-state index contributed by atoms with van der Waals surface area (Å²) >= 11 is 7.26. The second kappa shape index (κ2) is 10.1. The lowest BCUT2D eigenvalue weighted by Crippen LogP contribution is -2.19. The van der Waals surface area contributed by atoms with Crippen LogP contribution in [0.4, 0.5) is 0 Å². The van der Waals surface area contributed by atoms with E-state index in [1.165, 1.54) is 11.8 Å². The second-order valence-electron chi connectivity index (χ2n) is 5.44. The van der Waals surface area contributed by atoms with Gasteiger partial charge in [-0.15, -0.1) is 11.8 Å². The molecular formula is C19H21ClN2O2S. The number of hydrogen-bond donors (Lipinski definition) is 1. The van der Waals surface area contributed by atoms with Gasteiger partial charge in [0, 0.05) is 9.92 Å². The molecule has 0 spiro atoms. The van der Waals surface area contributed by atoms with Crippen LogP contribution in [-0.2, 0) is 4.79 Å². The molecule has 0 aliphatic rings. The lowest BCUT2D eigenvalue weighted by Gasteiger charge is -2.12. The largest absolute Gasteiger partial charge is 0.491 e. The number of hydrogen-bond acceptors (Lipinski definition) is 4. The summed E-state index contributed by atoms with van der Waals surface area (Å²) < 4.78 is 5.72. The summed E-state index contributed by atoms with van der Waals surface area (Å²) in [6, 6.07) is 14.9. The van der Waals surface area contributed by atoms with Crippen molar-refractivity contribution >= 4 is 35.5 Å². The fourth-order valence-corrected chi connectivity index (χ4v) is 2.66. The van der Waals surface area contributed by atoms with Crippen molar-refractivity contribution in [2.24, 2.45) is 5.10 Å². The molecule has 0 aliphatic heterocycles. The minimum atomic E-state index is -0.159. The molecule has 2 aromatic carbocycles. The molecule has 0 aliphatic carbocycles. The molecule has 0 radical (unpaired) electrons. The number of rotatable bonds is 8.